The number of benzene rings is 1. The van der Waals surface area contributed by atoms with E-state index in [1.54, 1.807) is 0 Å². The number of hydrogen-bond acceptors (Lipinski definition) is 2. The fourth-order valence-electron chi connectivity index (χ4n) is 1.43. The molecule has 0 aliphatic rings. The maximum absolute atomic E-state index is 6.05. The minimum atomic E-state index is 0.701. The Bertz CT molecular complexity index is 315. The second-order valence-electron chi connectivity index (χ2n) is 3.84. The summed E-state index contributed by atoms with van der Waals surface area (Å²) in [6.45, 7) is 6.95. The summed E-state index contributed by atoms with van der Waals surface area (Å²) in [5.41, 5.74) is 1.16. The Balaban J connectivity index is 2.21. The SMILES string of the molecule is CCNCCCCOc1ccc(C)cc1Cl. The first-order chi connectivity index (χ1) is 7.74. The molecule has 0 aliphatic carbocycles. The zero-order chi connectivity index (χ0) is 11.8. The molecule has 0 aromatic heterocycles. The fraction of sp³-hybridized carbons (Fsp3) is 0.538. The van der Waals surface area contributed by atoms with E-state index in [0.717, 1.165) is 43.9 Å². The van der Waals surface area contributed by atoms with E-state index in [2.05, 4.69) is 12.2 Å². The minimum absolute atomic E-state index is 0.701. The van der Waals surface area contributed by atoms with Gasteiger partial charge in [-0.2, -0.15) is 0 Å². The highest BCUT2D eigenvalue weighted by atomic mass is 35.5. The van der Waals surface area contributed by atoms with E-state index in [1.165, 1.54) is 0 Å². The second-order valence-corrected chi connectivity index (χ2v) is 4.25. The standard InChI is InChI=1S/C13H20ClNO/c1-3-15-8-4-5-9-16-13-7-6-11(2)10-12(13)14/h6-7,10,15H,3-5,8-9H2,1-2H3. The molecule has 0 radical (unpaired) electrons. The van der Waals surface area contributed by atoms with Gasteiger partial charge in [0, 0.05) is 0 Å². The van der Waals surface area contributed by atoms with Gasteiger partial charge in [-0.3, -0.25) is 0 Å². The summed E-state index contributed by atoms with van der Waals surface area (Å²) in [5.74, 6) is 0.788. The monoisotopic (exact) mass is 241 g/mol. The lowest BCUT2D eigenvalue weighted by Crippen LogP contribution is -2.14. The van der Waals surface area contributed by atoms with Gasteiger partial charge < -0.3 is 10.1 Å². The molecule has 0 atom stereocenters. The first-order valence-corrected chi connectivity index (χ1v) is 6.21. The molecule has 0 amide bonds. The van der Waals surface area contributed by atoms with Gasteiger partial charge >= 0.3 is 0 Å². The summed E-state index contributed by atoms with van der Waals surface area (Å²) in [5, 5.41) is 3.98. The van der Waals surface area contributed by atoms with Crippen molar-refractivity contribution in [3.05, 3.63) is 28.8 Å². The molecule has 16 heavy (non-hydrogen) atoms. The van der Waals surface area contributed by atoms with E-state index in [-0.39, 0.29) is 0 Å². The van der Waals surface area contributed by atoms with Crippen LogP contribution in [0.2, 0.25) is 5.02 Å². The zero-order valence-corrected chi connectivity index (χ0v) is 10.8. The lowest BCUT2D eigenvalue weighted by molar-refractivity contribution is 0.306. The van der Waals surface area contributed by atoms with Crippen molar-refractivity contribution >= 4 is 11.6 Å². The van der Waals surface area contributed by atoms with Gasteiger partial charge in [0.25, 0.3) is 0 Å². The van der Waals surface area contributed by atoms with Crippen molar-refractivity contribution in [3.8, 4) is 5.75 Å². The Hall–Kier alpha value is -0.730. The summed E-state index contributed by atoms with van der Waals surface area (Å²) >= 11 is 6.05. The largest absolute Gasteiger partial charge is 0.492 e. The highest BCUT2D eigenvalue weighted by molar-refractivity contribution is 6.32. The van der Waals surface area contributed by atoms with Crippen molar-refractivity contribution < 1.29 is 4.74 Å². The Morgan fingerprint density at radius 1 is 1.31 bits per heavy atom. The Morgan fingerprint density at radius 3 is 2.81 bits per heavy atom. The van der Waals surface area contributed by atoms with Gasteiger partial charge in [-0.15, -0.1) is 0 Å². The van der Waals surface area contributed by atoms with E-state index >= 15 is 0 Å². The van der Waals surface area contributed by atoms with E-state index in [0.29, 0.717) is 5.02 Å². The van der Waals surface area contributed by atoms with Crippen LogP contribution in [0, 0.1) is 6.92 Å². The Kier molecular flexibility index (Phi) is 6.27. The lowest BCUT2D eigenvalue weighted by Gasteiger charge is -2.08. The molecule has 1 aromatic carbocycles. The number of aryl methyl sites for hydroxylation is 1. The second kappa shape index (κ2) is 7.53. The molecule has 1 aromatic rings. The van der Waals surface area contributed by atoms with Gasteiger partial charge in [-0.1, -0.05) is 24.6 Å². The summed E-state index contributed by atoms with van der Waals surface area (Å²) in [4.78, 5) is 0. The van der Waals surface area contributed by atoms with Gasteiger partial charge in [0.2, 0.25) is 0 Å². The summed E-state index contributed by atoms with van der Waals surface area (Å²) in [6.07, 6.45) is 2.19. The number of halogens is 1. The molecule has 0 heterocycles. The molecule has 0 fully saturated rings. The van der Waals surface area contributed by atoms with Crippen LogP contribution < -0.4 is 10.1 Å². The normalized spacial score (nSPS) is 10.4. The molecule has 0 saturated carbocycles. The number of hydrogen-bond donors (Lipinski definition) is 1. The van der Waals surface area contributed by atoms with Crippen LogP contribution in [-0.2, 0) is 0 Å². The summed E-state index contributed by atoms with van der Waals surface area (Å²) in [6, 6.07) is 5.87. The van der Waals surface area contributed by atoms with Gasteiger partial charge in [0.05, 0.1) is 11.6 Å². The first-order valence-electron chi connectivity index (χ1n) is 5.83. The van der Waals surface area contributed by atoms with Crippen molar-refractivity contribution in [2.75, 3.05) is 19.7 Å². The van der Waals surface area contributed by atoms with E-state index in [9.17, 15) is 0 Å². The molecule has 90 valence electrons. The highest BCUT2D eigenvalue weighted by Gasteiger charge is 2.00. The molecule has 3 heteroatoms. The van der Waals surface area contributed by atoms with Crippen molar-refractivity contribution in [2.24, 2.45) is 0 Å². The highest BCUT2D eigenvalue weighted by Crippen LogP contribution is 2.25. The van der Waals surface area contributed by atoms with Crippen molar-refractivity contribution in [1.29, 1.82) is 0 Å². The maximum Gasteiger partial charge on any atom is 0.137 e. The van der Waals surface area contributed by atoms with Crippen LogP contribution in [-0.4, -0.2) is 19.7 Å². The van der Waals surface area contributed by atoms with Crippen molar-refractivity contribution in [2.45, 2.75) is 26.7 Å². The van der Waals surface area contributed by atoms with Crippen LogP contribution >= 0.6 is 11.6 Å². The summed E-state index contributed by atoms with van der Waals surface area (Å²) in [7, 11) is 0. The van der Waals surface area contributed by atoms with Crippen LogP contribution in [0.1, 0.15) is 25.3 Å². The smallest absolute Gasteiger partial charge is 0.137 e. The summed E-state index contributed by atoms with van der Waals surface area (Å²) < 4.78 is 5.61. The fourth-order valence-corrected chi connectivity index (χ4v) is 1.72. The molecular weight excluding hydrogens is 222 g/mol. The van der Waals surface area contributed by atoms with Gasteiger partial charge in [-0.05, 0) is 50.6 Å². The molecule has 0 bridgehead atoms. The molecule has 0 aliphatic heterocycles. The quantitative estimate of drug-likeness (QED) is 0.739. The predicted molar refractivity (Wildman–Crippen MR) is 69.5 cm³/mol. The zero-order valence-electron chi connectivity index (χ0n) is 10.1. The number of rotatable bonds is 7. The van der Waals surface area contributed by atoms with Gasteiger partial charge in [-0.25, -0.2) is 0 Å². The Morgan fingerprint density at radius 2 is 2.12 bits per heavy atom. The van der Waals surface area contributed by atoms with Crippen LogP contribution in [0.15, 0.2) is 18.2 Å². The van der Waals surface area contributed by atoms with E-state index in [4.69, 9.17) is 16.3 Å². The molecule has 0 unspecified atom stereocenters. The number of ether oxygens (including phenoxy) is 1. The number of nitrogens with one attached hydrogen (secondary N) is 1. The average molecular weight is 242 g/mol. The van der Waals surface area contributed by atoms with Crippen molar-refractivity contribution in [3.63, 3.8) is 0 Å². The molecule has 0 saturated heterocycles. The average Bonchev–Trinajstić information content (AvgIpc) is 2.26. The first kappa shape index (κ1) is 13.3. The van der Waals surface area contributed by atoms with Crippen LogP contribution in [0.3, 0.4) is 0 Å². The van der Waals surface area contributed by atoms with Crippen LogP contribution in [0.25, 0.3) is 0 Å². The topological polar surface area (TPSA) is 21.3 Å². The molecule has 1 rings (SSSR count). The number of unbranched alkanes of at least 4 members (excludes halogenated alkanes) is 1. The molecule has 2 nitrogen and oxygen atoms in total. The van der Waals surface area contributed by atoms with E-state index in [1.807, 2.05) is 25.1 Å². The predicted octanol–water partition coefficient (Wildman–Crippen LogP) is 3.42. The minimum Gasteiger partial charge on any atom is -0.492 e. The third-order valence-corrected chi connectivity index (χ3v) is 2.64. The Labute approximate surface area is 103 Å². The third-order valence-electron chi connectivity index (χ3n) is 2.34. The van der Waals surface area contributed by atoms with Crippen LogP contribution in [0.4, 0.5) is 0 Å². The van der Waals surface area contributed by atoms with Gasteiger partial charge in [0.1, 0.15) is 5.75 Å². The van der Waals surface area contributed by atoms with Crippen molar-refractivity contribution in [1.82, 2.24) is 5.32 Å². The third kappa shape index (κ3) is 4.86. The molecule has 1 N–H and O–H groups in total. The lowest BCUT2D eigenvalue weighted by atomic mass is 10.2. The van der Waals surface area contributed by atoms with Crippen LogP contribution in [0.5, 0.6) is 5.75 Å². The van der Waals surface area contributed by atoms with E-state index < -0.39 is 0 Å². The molecule has 0 spiro atoms. The maximum atomic E-state index is 6.05. The van der Waals surface area contributed by atoms with Gasteiger partial charge in [0.15, 0.2) is 0 Å². The molecular formula is C13H20ClNO.